The molecule has 0 heterocycles. The number of aryl methyl sites for hydroxylation is 1. The molecular formula is C22H33NO. The first-order chi connectivity index (χ1) is 11.6. The van der Waals surface area contributed by atoms with Crippen molar-refractivity contribution in [1.29, 1.82) is 0 Å². The molecule has 2 aliphatic rings. The first kappa shape index (κ1) is 17.7. The molecule has 0 spiro atoms. The van der Waals surface area contributed by atoms with Gasteiger partial charge in [-0.2, -0.15) is 0 Å². The topological polar surface area (TPSA) is 46.2 Å². The van der Waals surface area contributed by atoms with Gasteiger partial charge < -0.3 is 10.8 Å². The SMILES string of the molecule is CCC/C=C/C[C@@H]1CCc2cc([C@H]3CC[C@](N)(CO)C3)ccc2C1. The third-order valence-corrected chi connectivity index (χ3v) is 6.08. The summed E-state index contributed by atoms with van der Waals surface area (Å²) >= 11 is 0. The number of hydrogen-bond donors (Lipinski definition) is 2. The number of unbranched alkanes of at least 4 members (excludes halogenated alkanes) is 1. The minimum atomic E-state index is -0.351. The number of fused-ring (bicyclic) bond motifs is 1. The molecule has 1 saturated carbocycles. The second-order valence-corrected chi connectivity index (χ2v) is 8.09. The maximum atomic E-state index is 9.49. The number of nitrogens with two attached hydrogens (primary N) is 1. The van der Waals surface area contributed by atoms with Gasteiger partial charge in [-0.1, -0.05) is 43.7 Å². The highest BCUT2D eigenvalue weighted by atomic mass is 16.3. The molecule has 0 unspecified atom stereocenters. The summed E-state index contributed by atoms with van der Waals surface area (Å²) in [6.45, 7) is 2.35. The van der Waals surface area contributed by atoms with Crippen LogP contribution in [0.5, 0.6) is 0 Å². The van der Waals surface area contributed by atoms with Crippen LogP contribution in [0, 0.1) is 5.92 Å². The van der Waals surface area contributed by atoms with Crippen molar-refractivity contribution in [3.8, 4) is 0 Å². The predicted molar refractivity (Wildman–Crippen MR) is 101 cm³/mol. The van der Waals surface area contributed by atoms with Crippen LogP contribution in [0.1, 0.15) is 74.5 Å². The molecule has 0 saturated heterocycles. The van der Waals surface area contributed by atoms with Gasteiger partial charge in [-0.15, -0.1) is 0 Å². The smallest absolute Gasteiger partial charge is 0.0611 e. The fourth-order valence-electron chi connectivity index (χ4n) is 4.46. The van der Waals surface area contributed by atoms with Crippen molar-refractivity contribution < 1.29 is 5.11 Å². The summed E-state index contributed by atoms with van der Waals surface area (Å²) in [5.41, 5.74) is 10.5. The van der Waals surface area contributed by atoms with E-state index in [0.29, 0.717) is 5.92 Å². The molecule has 1 aromatic carbocycles. The Balaban J connectivity index is 1.62. The minimum absolute atomic E-state index is 0.113. The molecule has 0 aromatic heterocycles. The molecule has 2 aliphatic carbocycles. The molecule has 3 rings (SSSR count). The summed E-state index contributed by atoms with van der Waals surface area (Å²) in [5, 5.41) is 9.49. The van der Waals surface area contributed by atoms with Gasteiger partial charge in [0.05, 0.1) is 6.61 Å². The first-order valence-electron chi connectivity index (χ1n) is 9.80. The van der Waals surface area contributed by atoms with Crippen molar-refractivity contribution >= 4 is 0 Å². The lowest BCUT2D eigenvalue weighted by atomic mass is 9.80. The minimum Gasteiger partial charge on any atom is -0.394 e. The zero-order valence-corrected chi connectivity index (χ0v) is 15.1. The van der Waals surface area contributed by atoms with Crippen LogP contribution >= 0.6 is 0 Å². The van der Waals surface area contributed by atoms with Gasteiger partial charge in [0.2, 0.25) is 0 Å². The Labute approximate surface area is 147 Å². The molecule has 0 aliphatic heterocycles. The van der Waals surface area contributed by atoms with Crippen molar-refractivity contribution in [2.24, 2.45) is 11.7 Å². The van der Waals surface area contributed by atoms with Gasteiger partial charge in [0.1, 0.15) is 0 Å². The van der Waals surface area contributed by atoms with Crippen LogP contribution < -0.4 is 5.73 Å². The molecule has 1 aromatic rings. The average molecular weight is 328 g/mol. The van der Waals surface area contributed by atoms with Crippen molar-refractivity contribution in [3.05, 3.63) is 47.0 Å². The second kappa shape index (κ2) is 7.84. The molecule has 132 valence electrons. The van der Waals surface area contributed by atoms with Crippen molar-refractivity contribution in [1.82, 2.24) is 0 Å². The van der Waals surface area contributed by atoms with Crippen LogP contribution in [0.3, 0.4) is 0 Å². The van der Waals surface area contributed by atoms with Crippen molar-refractivity contribution in [2.45, 2.75) is 76.2 Å². The van der Waals surface area contributed by atoms with Crippen LogP contribution in [-0.4, -0.2) is 17.3 Å². The van der Waals surface area contributed by atoms with E-state index in [1.165, 1.54) is 44.1 Å². The highest BCUT2D eigenvalue weighted by molar-refractivity contribution is 5.36. The summed E-state index contributed by atoms with van der Waals surface area (Å²) in [4.78, 5) is 0. The van der Waals surface area contributed by atoms with Crippen LogP contribution in [-0.2, 0) is 12.8 Å². The molecular weight excluding hydrogens is 294 g/mol. The van der Waals surface area contributed by atoms with Gasteiger partial charge in [-0.3, -0.25) is 0 Å². The zero-order chi connectivity index (χ0) is 17.0. The molecule has 2 heteroatoms. The second-order valence-electron chi connectivity index (χ2n) is 8.09. The van der Waals surface area contributed by atoms with Gasteiger partial charge in [-0.25, -0.2) is 0 Å². The molecule has 2 nitrogen and oxygen atoms in total. The Kier molecular flexibility index (Phi) is 5.78. The number of hydrogen-bond acceptors (Lipinski definition) is 2. The van der Waals surface area contributed by atoms with Crippen molar-refractivity contribution in [2.75, 3.05) is 6.61 Å². The van der Waals surface area contributed by atoms with Gasteiger partial charge in [-0.05, 0) is 79.9 Å². The van der Waals surface area contributed by atoms with Gasteiger partial charge in [0, 0.05) is 5.54 Å². The average Bonchev–Trinajstić information content (AvgIpc) is 3.01. The highest BCUT2D eigenvalue weighted by Gasteiger charge is 2.36. The van der Waals surface area contributed by atoms with E-state index < -0.39 is 0 Å². The van der Waals surface area contributed by atoms with E-state index in [2.05, 4.69) is 37.3 Å². The van der Waals surface area contributed by atoms with E-state index in [0.717, 1.165) is 25.2 Å². The van der Waals surface area contributed by atoms with E-state index in [9.17, 15) is 5.11 Å². The van der Waals surface area contributed by atoms with E-state index in [-0.39, 0.29) is 12.1 Å². The first-order valence-corrected chi connectivity index (χ1v) is 9.80. The van der Waals surface area contributed by atoms with Crippen LogP contribution in [0.25, 0.3) is 0 Å². The molecule has 0 bridgehead atoms. The molecule has 1 fully saturated rings. The molecule has 0 radical (unpaired) electrons. The molecule has 3 atom stereocenters. The zero-order valence-electron chi connectivity index (χ0n) is 15.1. The Morgan fingerprint density at radius 3 is 2.88 bits per heavy atom. The maximum absolute atomic E-state index is 9.49. The van der Waals surface area contributed by atoms with E-state index in [1.807, 2.05) is 0 Å². The fourth-order valence-corrected chi connectivity index (χ4v) is 4.46. The van der Waals surface area contributed by atoms with E-state index in [1.54, 1.807) is 11.1 Å². The largest absolute Gasteiger partial charge is 0.394 e. The summed E-state index contributed by atoms with van der Waals surface area (Å²) in [7, 11) is 0. The summed E-state index contributed by atoms with van der Waals surface area (Å²) in [6.07, 6.45) is 15.2. The van der Waals surface area contributed by atoms with Crippen LogP contribution in [0.2, 0.25) is 0 Å². The van der Waals surface area contributed by atoms with Crippen LogP contribution in [0.15, 0.2) is 30.4 Å². The highest BCUT2D eigenvalue weighted by Crippen LogP contribution is 2.40. The Morgan fingerprint density at radius 1 is 1.25 bits per heavy atom. The fraction of sp³-hybridized carbons (Fsp3) is 0.636. The standard InChI is InChI=1S/C22H33NO/c1-2-3-4-5-6-17-7-8-19-14-20(10-9-18(19)13-17)21-11-12-22(23,15-21)16-24/h4-5,9-10,14,17,21,24H,2-3,6-8,11-13,15-16,23H2,1H3/b5-4+/t17-,21+,22-/m1/s1. The van der Waals surface area contributed by atoms with Gasteiger partial charge in [0.15, 0.2) is 0 Å². The third-order valence-electron chi connectivity index (χ3n) is 6.08. The number of aliphatic hydroxyl groups excluding tert-OH is 1. The van der Waals surface area contributed by atoms with E-state index >= 15 is 0 Å². The monoisotopic (exact) mass is 327 g/mol. The number of allylic oxidation sites excluding steroid dienone is 2. The van der Waals surface area contributed by atoms with Crippen molar-refractivity contribution in [3.63, 3.8) is 0 Å². The summed E-state index contributed by atoms with van der Waals surface area (Å²) in [6, 6.07) is 7.12. The van der Waals surface area contributed by atoms with Gasteiger partial charge >= 0.3 is 0 Å². The Bertz CT molecular complexity index is 579. The van der Waals surface area contributed by atoms with Crippen LogP contribution in [0.4, 0.5) is 0 Å². The normalized spacial score (nSPS) is 30.0. The Hall–Kier alpha value is -1.12. The maximum Gasteiger partial charge on any atom is 0.0611 e. The molecule has 24 heavy (non-hydrogen) atoms. The van der Waals surface area contributed by atoms with E-state index in [4.69, 9.17) is 5.73 Å². The lowest BCUT2D eigenvalue weighted by molar-refractivity contribution is 0.198. The lowest BCUT2D eigenvalue weighted by Crippen LogP contribution is -2.40. The molecule has 0 amide bonds. The van der Waals surface area contributed by atoms with Gasteiger partial charge in [0.25, 0.3) is 0 Å². The third kappa shape index (κ3) is 4.10. The summed E-state index contributed by atoms with van der Waals surface area (Å²) in [5.74, 6) is 1.34. The number of aliphatic hydroxyl groups is 1. The summed E-state index contributed by atoms with van der Waals surface area (Å²) < 4.78 is 0. The number of rotatable bonds is 6. The lowest BCUT2D eigenvalue weighted by Gasteiger charge is -2.25. The molecule has 3 N–H and O–H groups in total. The predicted octanol–water partition coefficient (Wildman–Crippen LogP) is 4.50. The quantitative estimate of drug-likeness (QED) is 0.756. The Morgan fingerprint density at radius 2 is 2.12 bits per heavy atom. The number of benzene rings is 1.